The van der Waals surface area contributed by atoms with E-state index in [4.69, 9.17) is 0 Å². The summed E-state index contributed by atoms with van der Waals surface area (Å²) in [6, 6.07) is 9.07. The van der Waals surface area contributed by atoms with E-state index in [0.29, 0.717) is 0 Å². The van der Waals surface area contributed by atoms with Crippen molar-refractivity contribution in [2.75, 3.05) is 6.54 Å². The topological polar surface area (TPSA) is 12.0 Å². The second-order valence-electron chi connectivity index (χ2n) is 7.63. The predicted molar refractivity (Wildman–Crippen MR) is 88.1 cm³/mol. The number of aryl methyl sites for hydroxylation is 1. The molecule has 20 heavy (non-hydrogen) atoms. The summed E-state index contributed by atoms with van der Waals surface area (Å²) < 4.78 is 0. The highest BCUT2D eigenvalue weighted by Crippen LogP contribution is 2.32. The third-order valence-corrected chi connectivity index (χ3v) is 4.54. The van der Waals surface area contributed by atoms with Gasteiger partial charge in [-0.25, -0.2) is 0 Å². The minimum Gasteiger partial charge on any atom is -0.312 e. The normalized spacial score (nSPS) is 23.8. The maximum Gasteiger partial charge on any atom is 0.00966 e. The first-order valence-corrected chi connectivity index (χ1v) is 8.24. The Morgan fingerprint density at radius 1 is 1.10 bits per heavy atom. The Morgan fingerprint density at radius 3 is 2.45 bits per heavy atom. The molecule has 2 rings (SSSR count). The van der Waals surface area contributed by atoms with Gasteiger partial charge in [0, 0.05) is 5.54 Å². The lowest BCUT2D eigenvalue weighted by Crippen LogP contribution is -2.41. The van der Waals surface area contributed by atoms with Gasteiger partial charge in [0.2, 0.25) is 0 Å². The summed E-state index contributed by atoms with van der Waals surface area (Å²) in [5.74, 6) is 1.71. The Bertz CT molecular complexity index is 416. The van der Waals surface area contributed by atoms with Crippen LogP contribution in [0.25, 0.3) is 0 Å². The third kappa shape index (κ3) is 4.94. The van der Waals surface area contributed by atoms with Crippen LogP contribution in [0.2, 0.25) is 0 Å². The van der Waals surface area contributed by atoms with Gasteiger partial charge in [0.05, 0.1) is 0 Å². The molecule has 2 atom stereocenters. The van der Waals surface area contributed by atoms with Gasteiger partial charge in [0.15, 0.2) is 0 Å². The van der Waals surface area contributed by atoms with Crippen LogP contribution < -0.4 is 5.32 Å². The zero-order valence-electron chi connectivity index (χ0n) is 13.7. The molecule has 0 amide bonds. The van der Waals surface area contributed by atoms with Crippen molar-refractivity contribution in [3.8, 4) is 0 Å². The second-order valence-corrected chi connectivity index (χ2v) is 7.63. The van der Waals surface area contributed by atoms with Crippen LogP contribution in [0.5, 0.6) is 0 Å². The molecule has 1 fully saturated rings. The monoisotopic (exact) mass is 273 g/mol. The Kier molecular flexibility index (Phi) is 5.26. The van der Waals surface area contributed by atoms with Crippen LogP contribution in [0.1, 0.15) is 57.6 Å². The molecule has 112 valence electrons. The molecular weight excluding hydrogens is 242 g/mol. The predicted octanol–water partition coefficient (Wildman–Crippen LogP) is 4.73. The summed E-state index contributed by atoms with van der Waals surface area (Å²) in [4.78, 5) is 0. The van der Waals surface area contributed by atoms with Crippen LogP contribution >= 0.6 is 0 Å². The molecule has 0 aromatic heterocycles. The molecule has 0 saturated heterocycles. The van der Waals surface area contributed by atoms with E-state index in [2.05, 4.69) is 57.3 Å². The average molecular weight is 273 g/mol. The summed E-state index contributed by atoms with van der Waals surface area (Å²) >= 11 is 0. The molecule has 0 aliphatic heterocycles. The Labute approximate surface area is 125 Å². The zero-order chi connectivity index (χ0) is 14.6. The van der Waals surface area contributed by atoms with Gasteiger partial charge in [-0.1, -0.05) is 42.7 Å². The van der Waals surface area contributed by atoms with E-state index < -0.39 is 0 Å². The summed E-state index contributed by atoms with van der Waals surface area (Å²) in [5.41, 5.74) is 3.16. The summed E-state index contributed by atoms with van der Waals surface area (Å²) in [7, 11) is 0. The molecule has 1 aliphatic rings. The number of hydrogen-bond donors (Lipinski definition) is 1. The number of hydrogen-bond acceptors (Lipinski definition) is 1. The van der Waals surface area contributed by atoms with Gasteiger partial charge in [-0.05, 0) is 70.9 Å². The third-order valence-electron chi connectivity index (χ3n) is 4.54. The van der Waals surface area contributed by atoms with Crippen molar-refractivity contribution in [2.24, 2.45) is 11.8 Å². The largest absolute Gasteiger partial charge is 0.312 e. The molecule has 0 heterocycles. The van der Waals surface area contributed by atoms with E-state index in [1.165, 1.54) is 49.8 Å². The maximum atomic E-state index is 3.72. The van der Waals surface area contributed by atoms with Crippen molar-refractivity contribution >= 4 is 0 Å². The molecule has 1 aromatic carbocycles. The van der Waals surface area contributed by atoms with Crippen LogP contribution in [0.3, 0.4) is 0 Å². The van der Waals surface area contributed by atoms with Crippen LogP contribution in [0.15, 0.2) is 24.3 Å². The molecule has 0 radical (unpaired) electrons. The van der Waals surface area contributed by atoms with E-state index in [-0.39, 0.29) is 5.54 Å². The van der Waals surface area contributed by atoms with Gasteiger partial charge in [-0.15, -0.1) is 0 Å². The summed E-state index contributed by atoms with van der Waals surface area (Å²) in [6.07, 6.45) is 6.91. The fraction of sp³-hybridized carbons (Fsp3) is 0.684. The van der Waals surface area contributed by atoms with Crippen molar-refractivity contribution in [1.29, 1.82) is 0 Å². The van der Waals surface area contributed by atoms with E-state index in [1.807, 2.05) is 0 Å². The van der Waals surface area contributed by atoms with Gasteiger partial charge in [-0.2, -0.15) is 0 Å². The first-order chi connectivity index (χ1) is 9.44. The standard InChI is InChI=1S/C19H31N/c1-15-8-7-9-16(12-15)13-17-10-5-6-11-18(17)14-20-19(2,3)4/h7-9,12,17-18,20H,5-6,10-11,13-14H2,1-4H3. The molecule has 1 heteroatoms. The fourth-order valence-corrected chi connectivity index (χ4v) is 3.40. The van der Waals surface area contributed by atoms with Crippen LogP contribution in [-0.2, 0) is 6.42 Å². The SMILES string of the molecule is Cc1cccc(CC2CCCCC2CNC(C)(C)C)c1. The molecule has 1 aliphatic carbocycles. The quantitative estimate of drug-likeness (QED) is 0.836. The lowest BCUT2D eigenvalue weighted by atomic mass is 9.76. The highest BCUT2D eigenvalue weighted by atomic mass is 14.9. The number of nitrogens with one attached hydrogen (secondary N) is 1. The smallest absolute Gasteiger partial charge is 0.00966 e. The Hall–Kier alpha value is -0.820. The van der Waals surface area contributed by atoms with Crippen molar-refractivity contribution in [3.05, 3.63) is 35.4 Å². The van der Waals surface area contributed by atoms with Gasteiger partial charge in [0.1, 0.15) is 0 Å². The molecule has 0 spiro atoms. The maximum absolute atomic E-state index is 3.72. The summed E-state index contributed by atoms with van der Waals surface area (Å²) in [6.45, 7) is 10.2. The van der Waals surface area contributed by atoms with E-state index >= 15 is 0 Å². The zero-order valence-corrected chi connectivity index (χ0v) is 13.7. The van der Waals surface area contributed by atoms with E-state index in [9.17, 15) is 0 Å². The average Bonchev–Trinajstić information content (AvgIpc) is 2.37. The van der Waals surface area contributed by atoms with Crippen molar-refractivity contribution in [3.63, 3.8) is 0 Å². The minimum absolute atomic E-state index is 0.241. The highest BCUT2D eigenvalue weighted by Gasteiger charge is 2.26. The van der Waals surface area contributed by atoms with Crippen molar-refractivity contribution < 1.29 is 0 Å². The highest BCUT2D eigenvalue weighted by molar-refractivity contribution is 5.22. The van der Waals surface area contributed by atoms with Crippen LogP contribution in [0, 0.1) is 18.8 Å². The van der Waals surface area contributed by atoms with Crippen molar-refractivity contribution in [1.82, 2.24) is 5.32 Å². The van der Waals surface area contributed by atoms with Crippen LogP contribution in [0.4, 0.5) is 0 Å². The van der Waals surface area contributed by atoms with Crippen LogP contribution in [-0.4, -0.2) is 12.1 Å². The van der Waals surface area contributed by atoms with Crippen molar-refractivity contribution in [2.45, 2.75) is 65.3 Å². The lowest BCUT2D eigenvalue weighted by molar-refractivity contribution is 0.213. The van der Waals surface area contributed by atoms with E-state index in [0.717, 1.165) is 11.8 Å². The molecule has 2 unspecified atom stereocenters. The van der Waals surface area contributed by atoms with E-state index in [1.54, 1.807) is 0 Å². The number of rotatable bonds is 4. The van der Waals surface area contributed by atoms with Gasteiger partial charge in [0.25, 0.3) is 0 Å². The Morgan fingerprint density at radius 2 is 1.80 bits per heavy atom. The molecule has 1 N–H and O–H groups in total. The fourth-order valence-electron chi connectivity index (χ4n) is 3.40. The Balaban J connectivity index is 1.96. The first kappa shape index (κ1) is 15.6. The first-order valence-electron chi connectivity index (χ1n) is 8.24. The molecule has 1 aromatic rings. The molecule has 0 bridgehead atoms. The number of benzene rings is 1. The molecule has 1 nitrogen and oxygen atoms in total. The molecular formula is C19H31N. The molecule has 1 saturated carbocycles. The van der Waals surface area contributed by atoms with Gasteiger partial charge in [-0.3, -0.25) is 0 Å². The lowest BCUT2D eigenvalue weighted by Gasteiger charge is -2.34. The van der Waals surface area contributed by atoms with Gasteiger partial charge >= 0.3 is 0 Å². The summed E-state index contributed by atoms with van der Waals surface area (Å²) in [5, 5.41) is 3.72. The van der Waals surface area contributed by atoms with Gasteiger partial charge < -0.3 is 5.32 Å². The minimum atomic E-state index is 0.241. The second kappa shape index (κ2) is 6.76.